The summed E-state index contributed by atoms with van der Waals surface area (Å²) >= 11 is 3.12. The molecule has 0 saturated carbocycles. The summed E-state index contributed by atoms with van der Waals surface area (Å²) in [6, 6.07) is 3.89. The highest BCUT2D eigenvalue weighted by Gasteiger charge is 2.05. The van der Waals surface area contributed by atoms with Gasteiger partial charge in [0.25, 0.3) is 0 Å². The van der Waals surface area contributed by atoms with Crippen LogP contribution in [-0.2, 0) is 6.42 Å². The second-order valence-corrected chi connectivity index (χ2v) is 2.93. The average molecular weight is 221 g/mol. The smallest absolute Gasteiger partial charge is 0.129 e. The molecule has 3 heteroatoms. The summed E-state index contributed by atoms with van der Waals surface area (Å²) in [7, 11) is 0. The molecule has 0 radical (unpaired) electrons. The van der Waals surface area contributed by atoms with Crippen LogP contribution in [0, 0.1) is 11.6 Å². The van der Waals surface area contributed by atoms with Crippen molar-refractivity contribution in [1.29, 1.82) is 0 Å². The molecule has 0 aliphatic rings. The van der Waals surface area contributed by atoms with E-state index in [4.69, 9.17) is 0 Å². The quantitative estimate of drug-likeness (QED) is 0.673. The molecule has 0 unspecified atom stereocenters. The third-order valence-corrected chi connectivity index (χ3v) is 1.80. The van der Waals surface area contributed by atoms with Crippen molar-refractivity contribution in [1.82, 2.24) is 0 Å². The molecule has 0 saturated heterocycles. The van der Waals surface area contributed by atoms with Crippen LogP contribution < -0.4 is 0 Å². The zero-order valence-electron chi connectivity index (χ0n) is 5.78. The Morgan fingerprint density at radius 1 is 1.18 bits per heavy atom. The Hall–Kier alpha value is -0.440. The SMILES string of the molecule is Fc1cccc(F)c1CCBr. The highest BCUT2D eigenvalue weighted by Crippen LogP contribution is 2.12. The molecule has 0 spiro atoms. The summed E-state index contributed by atoms with van der Waals surface area (Å²) in [5.74, 6) is -0.936. The van der Waals surface area contributed by atoms with Crippen LogP contribution in [0.1, 0.15) is 5.56 Å². The minimum absolute atomic E-state index is 0.157. The molecule has 11 heavy (non-hydrogen) atoms. The molecule has 0 heterocycles. The first-order valence-electron chi connectivity index (χ1n) is 3.24. The predicted octanol–water partition coefficient (Wildman–Crippen LogP) is 2.90. The molecule has 0 aromatic heterocycles. The molecule has 1 aromatic carbocycles. The highest BCUT2D eigenvalue weighted by molar-refractivity contribution is 9.09. The number of hydrogen-bond donors (Lipinski definition) is 0. The molecule has 0 atom stereocenters. The lowest BCUT2D eigenvalue weighted by Crippen LogP contribution is -1.95. The van der Waals surface area contributed by atoms with Crippen molar-refractivity contribution in [2.45, 2.75) is 6.42 Å². The third-order valence-electron chi connectivity index (χ3n) is 1.41. The fourth-order valence-electron chi connectivity index (χ4n) is 0.866. The first kappa shape index (κ1) is 8.65. The lowest BCUT2D eigenvalue weighted by atomic mass is 10.1. The molecule has 0 nitrogen and oxygen atoms in total. The van der Waals surface area contributed by atoms with E-state index in [1.807, 2.05) is 0 Å². The lowest BCUT2D eigenvalue weighted by Gasteiger charge is -2.00. The minimum Gasteiger partial charge on any atom is -0.207 e. The number of halogens is 3. The Kier molecular flexibility index (Phi) is 3.00. The Morgan fingerprint density at radius 2 is 1.73 bits per heavy atom. The van der Waals surface area contributed by atoms with Crippen LogP contribution in [-0.4, -0.2) is 5.33 Å². The Morgan fingerprint density at radius 3 is 2.18 bits per heavy atom. The van der Waals surface area contributed by atoms with Gasteiger partial charge in [0, 0.05) is 10.9 Å². The number of rotatable bonds is 2. The van der Waals surface area contributed by atoms with E-state index < -0.39 is 11.6 Å². The second kappa shape index (κ2) is 3.81. The minimum atomic E-state index is -0.468. The van der Waals surface area contributed by atoms with Gasteiger partial charge in [-0.1, -0.05) is 22.0 Å². The van der Waals surface area contributed by atoms with E-state index in [1.54, 1.807) is 0 Å². The van der Waals surface area contributed by atoms with Gasteiger partial charge in [0.15, 0.2) is 0 Å². The molecule has 0 N–H and O–H groups in total. The predicted molar refractivity (Wildman–Crippen MR) is 43.9 cm³/mol. The monoisotopic (exact) mass is 220 g/mol. The van der Waals surface area contributed by atoms with E-state index in [-0.39, 0.29) is 5.56 Å². The van der Waals surface area contributed by atoms with Crippen molar-refractivity contribution in [2.75, 3.05) is 5.33 Å². The average Bonchev–Trinajstić information content (AvgIpc) is 1.97. The van der Waals surface area contributed by atoms with Gasteiger partial charge in [0.1, 0.15) is 11.6 Å². The van der Waals surface area contributed by atoms with Gasteiger partial charge in [-0.3, -0.25) is 0 Å². The molecule has 0 aliphatic heterocycles. The molecule has 60 valence electrons. The molecular formula is C8H7BrF2. The van der Waals surface area contributed by atoms with E-state index in [0.29, 0.717) is 11.8 Å². The number of hydrogen-bond acceptors (Lipinski definition) is 0. The summed E-state index contributed by atoms with van der Waals surface area (Å²) in [6.07, 6.45) is 0.387. The van der Waals surface area contributed by atoms with Crippen molar-refractivity contribution in [2.24, 2.45) is 0 Å². The van der Waals surface area contributed by atoms with Crippen LogP contribution in [0.15, 0.2) is 18.2 Å². The maximum Gasteiger partial charge on any atom is 0.129 e. The van der Waals surface area contributed by atoms with Gasteiger partial charge in [-0.2, -0.15) is 0 Å². The maximum atomic E-state index is 12.8. The van der Waals surface area contributed by atoms with E-state index in [9.17, 15) is 8.78 Å². The summed E-state index contributed by atoms with van der Waals surface area (Å²) in [6.45, 7) is 0. The molecule has 1 rings (SSSR count). The summed E-state index contributed by atoms with van der Waals surface area (Å²) in [4.78, 5) is 0. The maximum absolute atomic E-state index is 12.8. The van der Waals surface area contributed by atoms with E-state index in [1.165, 1.54) is 18.2 Å². The van der Waals surface area contributed by atoms with E-state index >= 15 is 0 Å². The van der Waals surface area contributed by atoms with Gasteiger partial charge in [0.2, 0.25) is 0 Å². The molecule has 0 amide bonds. The standard InChI is InChI=1S/C8H7BrF2/c9-5-4-6-7(10)2-1-3-8(6)11/h1-3H,4-5H2. The van der Waals surface area contributed by atoms with E-state index in [0.717, 1.165) is 0 Å². The zero-order valence-corrected chi connectivity index (χ0v) is 7.37. The molecule has 0 aliphatic carbocycles. The van der Waals surface area contributed by atoms with Crippen molar-refractivity contribution >= 4 is 15.9 Å². The van der Waals surface area contributed by atoms with Gasteiger partial charge >= 0.3 is 0 Å². The zero-order chi connectivity index (χ0) is 8.27. The van der Waals surface area contributed by atoms with Gasteiger partial charge in [-0.25, -0.2) is 8.78 Å². The normalized spacial score (nSPS) is 10.1. The Labute approximate surface area is 72.4 Å². The van der Waals surface area contributed by atoms with Crippen molar-refractivity contribution < 1.29 is 8.78 Å². The van der Waals surface area contributed by atoms with Crippen LogP contribution in [0.4, 0.5) is 8.78 Å². The molecular weight excluding hydrogens is 214 g/mol. The van der Waals surface area contributed by atoms with Crippen LogP contribution in [0.3, 0.4) is 0 Å². The van der Waals surface area contributed by atoms with E-state index in [2.05, 4.69) is 15.9 Å². The highest BCUT2D eigenvalue weighted by atomic mass is 79.9. The molecule has 0 bridgehead atoms. The molecule has 0 fully saturated rings. The van der Waals surface area contributed by atoms with Gasteiger partial charge in [-0.15, -0.1) is 0 Å². The Bertz CT molecular complexity index is 228. The van der Waals surface area contributed by atoms with Crippen LogP contribution >= 0.6 is 15.9 Å². The van der Waals surface area contributed by atoms with Gasteiger partial charge in [0.05, 0.1) is 0 Å². The van der Waals surface area contributed by atoms with Crippen molar-refractivity contribution in [3.8, 4) is 0 Å². The largest absolute Gasteiger partial charge is 0.207 e. The summed E-state index contributed by atoms with van der Waals surface area (Å²) in [5, 5.41) is 0.574. The van der Waals surface area contributed by atoms with Gasteiger partial charge < -0.3 is 0 Å². The second-order valence-electron chi connectivity index (χ2n) is 2.14. The molecule has 1 aromatic rings. The Balaban J connectivity index is 3.00. The van der Waals surface area contributed by atoms with Crippen LogP contribution in [0.2, 0.25) is 0 Å². The van der Waals surface area contributed by atoms with Crippen LogP contribution in [0.25, 0.3) is 0 Å². The van der Waals surface area contributed by atoms with Crippen molar-refractivity contribution in [3.05, 3.63) is 35.4 Å². The number of alkyl halides is 1. The van der Waals surface area contributed by atoms with Crippen molar-refractivity contribution in [3.63, 3.8) is 0 Å². The fraction of sp³-hybridized carbons (Fsp3) is 0.250. The lowest BCUT2D eigenvalue weighted by molar-refractivity contribution is 0.560. The summed E-state index contributed by atoms with van der Waals surface area (Å²) in [5.41, 5.74) is 0.157. The van der Waals surface area contributed by atoms with Gasteiger partial charge in [-0.05, 0) is 18.6 Å². The first-order valence-corrected chi connectivity index (χ1v) is 4.36. The van der Waals surface area contributed by atoms with Crippen LogP contribution in [0.5, 0.6) is 0 Å². The summed E-state index contributed by atoms with van der Waals surface area (Å²) < 4.78 is 25.6. The first-order chi connectivity index (χ1) is 5.25. The topological polar surface area (TPSA) is 0 Å². The number of benzene rings is 1. The fourth-order valence-corrected chi connectivity index (χ4v) is 1.26. The third kappa shape index (κ3) is 1.99.